The minimum Gasteiger partial charge on any atom is -0.396 e. The van der Waals surface area contributed by atoms with Gasteiger partial charge in [0.2, 0.25) is 0 Å². The lowest BCUT2D eigenvalue weighted by atomic mass is 9.98. The molecule has 0 spiro atoms. The summed E-state index contributed by atoms with van der Waals surface area (Å²) in [5.74, 6) is 0.840. The molecule has 0 aromatic carbocycles. The minimum atomic E-state index is 0.312. The standard InChI is InChI=1S/C22H37N3OS/c1-23-11-8-19(9-12-23)25-14-13-24(16-20(25)10-15-26)17-21-6-7-22(27-21)18-4-2-3-5-18/h6-7,18-20,26H,2-5,8-17H2,1H3. The topological polar surface area (TPSA) is 30.0 Å². The first-order valence-corrected chi connectivity index (χ1v) is 11.9. The highest BCUT2D eigenvalue weighted by Gasteiger charge is 2.33. The van der Waals surface area contributed by atoms with Gasteiger partial charge in [0.25, 0.3) is 0 Å². The average Bonchev–Trinajstić information content (AvgIpc) is 3.35. The van der Waals surface area contributed by atoms with Crippen molar-refractivity contribution in [2.75, 3.05) is 46.4 Å². The van der Waals surface area contributed by atoms with E-state index in [9.17, 15) is 5.11 Å². The molecule has 3 heterocycles. The summed E-state index contributed by atoms with van der Waals surface area (Å²) in [5, 5.41) is 9.63. The maximum Gasteiger partial charge on any atom is 0.0446 e. The summed E-state index contributed by atoms with van der Waals surface area (Å²) in [6.45, 7) is 7.30. The Morgan fingerprint density at radius 2 is 1.81 bits per heavy atom. The molecular formula is C22H37N3OS. The third-order valence-electron chi connectivity index (χ3n) is 7.05. The van der Waals surface area contributed by atoms with Crippen LogP contribution < -0.4 is 0 Å². The normalized spacial score (nSPS) is 27.6. The molecule has 1 unspecified atom stereocenters. The number of rotatable bonds is 6. The minimum absolute atomic E-state index is 0.312. The van der Waals surface area contributed by atoms with Gasteiger partial charge in [0, 0.05) is 54.6 Å². The quantitative estimate of drug-likeness (QED) is 0.805. The van der Waals surface area contributed by atoms with Crippen LogP contribution in [0.2, 0.25) is 0 Å². The van der Waals surface area contributed by atoms with Crippen LogP contribution in [0.1, 0.15) is 60.6 Å². The van der Waals surface area contributed by atoms with Crippen LogP contribution >= 0.6 is 11.3 Å². The summed E-state index contributed by atoms with van der Waals surface area (Å²) in [6.07, 6.45) is 9.11. The number of nitrogens with zero attached hydrogens (tertiary/aromatic N) is 3. The van der Waals surface area contributed by atoms with Crippen molar-refractivity contribution in [3.05, 3.63) is 21.9 Å². The second-order valence-corrected chi connectivity index (χ2v) is 10.2. The van der Waals surface area contributed by atoms with Gasteiger partial charge in [-0.2, -0.15) is 0 Å². The largest absolute Gasteiger partial charge is 0.396 e. The molecular weight excluding hydrogens is 354 g/mol. The fourth-order valence-corrected chi connectivity index (χ4v) is 6.64. The molecule has 1 atom stereocenters. The van der Waals surface area contributed by atoms with Gasteiger partial charge in [-0.15, -0.1) is 11.3 Å². The van der Waals surface area contributed by atoms with E-state index in [0.29, 0.717) is 12.6 Å². The summed E-state index contributed by atoms with van der Waals surface area (Å²) in [5.41, 5.74) is 0. The second kappa shape index (κ2) is 9.36. The summed E-state index contributed by atoms with van der Waals surface area (Å²) >= 11 is 2.06. The van der Waals surface area contributed by atoms with E-state index in [2.05, 4.69) is 45.2 Å². The Morgan fingerprint density at radius 1 is 1.04 bits per heavy atom. The van der Waals surface area contributed by atoms with Crippen molar-refractivity contribution in [1.29, 1.82) is 0 Å². The first-order chi connectivity index (χ1) is 13.2. The SMILES string of the molecule is CN1CCC(N2CCN(Cc3ccc(C4CCCC4)s3)CC2CCO)CC1. The summed E-state index contributed by atoms with van der Waals surface area (Å²) in [7, 11) is 2.24. The zero-order chi connectivity index (χ0) is 18.6. The third kappa shape index (κ3) is 4.94. The molecule has 0 amide bonds. The van der Waals surface area contributed by atoms with Crippen molar-refractivity contribution in [1.82, 2.24) is 14.7 Å². The van der Waals surface area contributed by atoms with Gasteiger partial charge in [-0.1, -0.05) is 12.8 Å². The predicted molar refractivity (Wildman–Crippen MR) is 114 cm³/mol. The van der Waals surface area contributed by atoms with E-state index in [1.807, 2.05) is 0 Å². The van der Waals surface area contributed by atoms with E-state index in [4.69, 9.17) is 0 Å². The molecule has 3 fully saturated rings. The summed E-state index contributed by atoms with van der Waals surface area (Å²) < 4.78 is 0. The number of aliphatic hydroxyl groups excluding tert-OH is 1. The Balaban J connectivity index is 1.34. The Kier molecular flexibility index (Phi) is 6.88. The molecule has 1 aromatic rings. The van der Waals surface area contributed by atoms with Gasteiger partial charge in [-0.05, 0) is 70.3 Å². The van der Waals surface area contributed by atoms with Gasteiger partial charge in [-0.25, -0.2) is 0 Å². The monoisotopic (exact) mass is 391 g/mol. The van der Waals surface area contributed by atoms with Gasteiger partial charge in [-0.3, -0.25) is 9.80 Å². The Morgan fingerprint density at radius 3 is 2.56 bits per heavy atom. The van der Waals surface area contributed by atoms with Gasteiger partial charge in [0.15, 0.2) is 0 Å². The molecule has 2 saturated heterocycles. The van der Waals surface area contributed by atoms with Crippen molar-refractivity contribution in [2.24, 2.45) is 0 Å². The van der Waals surface area contributed by atoms with E-state index in [1.165, 1.54) is 69.6 Å². The number of piperazine rings is 1. The van der Waals surface area contributed by atoms with Crippen molar-refractivity contribution in [3.8, 4) is 0 Å². The second-order valence-electron chi connectivity index (χ2n) is 8.96. The molecule has 1 aromatic heterocycles. The number of hydrogen-bond donors (Lipinski definition) is 1. The molecule has 27 heavy (non-hydrogen) atoms. The Bertz CT molecular complexity index is 578. The van der Waals surface area contributed by atoms with Crippen LogP contribution in [0.25, 0.3) is 0 Å². The number of aliphatic hydroxyl groups is 1. The van der Waals surface area contributed by atoms with E-state index >= 15 is 0 Å². The molecule has 152 valence electrons. The first kappa shape index (κ1) is 19.8. The number of thiophene rings is 1. The molecule has 3 aliphatic rings. The zero-order valence-corrected chi connectivity index (χ0v) is 17.8. The van der Waals surface area contributed by atoms with Gasteiger partial charge < -0.3 is 10.0 Å². The van der Waals surface area contributed by atoms with Gasteiger partial charge >= 0.3 is 0 Å². The Hall–Kier alpha value is -0.460. The fourth-order valence-electron chi connectivity index (χ4n) is 5.42. The first-order valence-electron chi connectivity index (χ1n) is 11.1. The molecule has 2 aliphatic heterocycles. The molecule has 0 radical (unpaired) electrons. The van der Waals surface area contributed by atoms with Crippen molar-refractivity contribution >= 4 is 11.3 Å². The highest BCUT2D eigenvalue weighted by Crippen LogP contribution is 2.38. The summed E-state index contributed by atoms with van der Waals surface area (Å²) in [4.78, 5) is 11.0. The van der Waals surface area contributed by atoms with Crippen LogP contribution in [-0.2, 0) is 6.54 Å². The van der Waals surface area contributed by atoms with E-state index in [0.717, 1.165) is 31.5 Å². The van der Waals surface area contributed by atoms with Crippen LogP contribution in [0.5, 0.6) is 0 Å². The number of piperidine rings is 1. The van der Waals surface area contributed by atoms with Crippen molar-refractivity contribution in [3.63, 3.8) is 0 Å². The lowest BCUT2D eigenvalue weighted by molar-refractivity contribution is 0.00629. The molecule has 1 N–H and O–H groups in total. The van der Waals surface area contributed by atoms with Crippen molar-refractivity contribution in [2.45, 2.75) is 69.5 Å². The van der Waals surface area contributed by atoms with E-state index < -0.39 is 0 Å². The Labute approximate surface area is 169 Å². The van der Waals surface area contributed by atoms with Crippen LogP contribution in [-0.4, -0.2) is 78.3 Å². The third-order valence-corrected chi connectivity index (χ3v) is 8.28. The molecule has 1 aliphatic carbocycles. The average molecular weight is 392 g/mol. The lowest BCUT2D eigenvalue weighted by Crippen LogP contribution is -2.58. The highest BCUT2D eigenvalue weighted by molar-refractivity contribution is 7.12. The van der Waals surface area contributed by atoms with Gasteiger partial charge in [0.1, 0.15) is 0 Å². The molecule has 4 nitrogen and oxygen atoms in total. The fraction of sp³-hybridized carbons (Fsp3) is 0.818. The van der Waals surface area contributed by atoms with Crippen LogP contribution in [0, 0.1) is 0 Å². The lowest BCUT2D eigenvalue weighted by Gasteiger charge is -2.47. The van der Waals surface area contributed by atoms with Crippen molar-refractivity contribution < 1.29 is 5.11 Å². The molecule has 5 heteroatoms. The molecule has 0 bridgehead atoms. The van der Waals surface area contributed by atoms with Crippen LogP contribution in [0.3, 0.4) is 0 Å². The van der Waals surface area contributed by atoms with E-state index in [1.54, 1.807) is 4.88 Å². The van der Waals surface area contributed by atoms with Crippen LogP contribution in [0.15, 0.2) is 12.1 Å². The smallest absolute Gasteiger partial charge is 0.0446 e. The van der Waals surface area contributed by atoms with Gasteiger partial charge in [0.05, 0.1) is 0 Å². The molecule has 1 saturated carbocycles. The highest BCUT2D eigenvalue weighted by atomic mass is 32.1. The predicted octanol–water partition coefficient (Wildman–Crippen LogP) is 3.37. The van der Waals surface area contributed by atoms with Crippen LogP contribution in [0.4, 0.5) is 0 Å². The number of likely N-dealkylation sites (tertiary alicyclic amines) is 1. The maximum atomic E-state index is 9.63. The maximum absolute atomic E-state index is 9.63. The zero-order valence-electron chi connectivity index (χ0n) is 17.0. The summed E-state index contributed by atoms with van der Waals surface area (Å²) in [6, 6.07) is 6.01. The number of hydrogen-bond acceptors (Lipinski definition) is 5. The molecule has 4 rings (SSSR count). The van der Waals surface area contributed by atoms with E-state index in [-0.39, 0.29) is 0 Å².